The van der Waals surface area contributed by atoms with Gasteiger partial charge in [-0.1, -0.05) is 31.9 Å². The van der Waals surface area contributed by atoms with Crippen molar-refractivity contribution < 1.29 is 9.90 Å². The number of imidazole rings is 1. The number of hydrogen-bond donors (Lipinski definition) is 1. The monoisotopic (exact) mass is 295 g/mol. The van der Waals surface area contributed by atoms with Gasteiger partial charge in [-0.15, -0.1) is 0 Å². The highest BCUT2D eigenvalue weighted by Crippen LogP contribution is 2.25. The zero-order valence-corrected chi connectivity index (χ0v) is 12.4. The Bertz CT molecular complexity index is 624. The smallest absolute Gasteiger partial charge is 0.326 e. The van der Waals surface area contributed by atoms with E-state index in [2.05, 4.69) is 16.9 Å². The number of unbranched alkanes of at least 4 members (excludes halogenated alkanes) is 1. The molecular formula is C14H18ClN3O2. The fourth-order valence-corrected chi connectivity index (χ4v) is 2.46. The number of nitrogens with zero attached hydrogens (tertiary/aromatic N) is 3. The van der Waals surface area contributed by atoms with E-state index >= 15 is 0 Å². The Kier molecular flexibility index (Phi) is 4.60. The van der Waals surface area contributed by atoms with E-state index in [1.807, 2.05) is 6.92 Å². The van der Waals surface area contributed by atoms with Crippen molar-refractivity contribution in [2.75, 3.05) is 0 Å². The Balaban J connectivity index is 2.60. The van der Waals surface area contributed by atoms with E-state index in [1.54, 1.807) is 10.6 Å². The molecule has 0 fully saturated rings. The lowest BCUT2D eigenvalue weighted by Gasteiger charge is -2.15. The van der Waals surface area contributed by atoms with Gasteiger partial charge in [0.25, 0.3) is 0 Å². The van der Waals surface area contributed by atoms with Gasteiger partial charge in [0, 0.05) is 12.6 Å². The molecule has 0 radical (unpaired) electrons. The van der Waals surface area contributed by atoms with Crippen molar-refractivity contribution >= 4 is 28.7 Å². The molecule has 0 saturated heterocycles. The van der Waals surface area contributed by atoms with Crippen LogP contribution in [0.1, 0.15) is 45.0 Å². The van der Waals surface area contributed by atoms with Crippen LogP contribution in [0.25, 0.3) is 11.2 Å². The summed E-state index contributed by atoms with van der Waals surface area (Å²) < 4.78 is 1.74. The third kappa shape index (κ3) is 2.77. The molecule has 2 rings (SSSR count). The minimum absolute atomic E-state index is 0.490. The predicted octanol–water partition coefficient (Wildman–Crippen LogP) is 3.46. The molecule has 0 bridgehead atoms. The van der Waals surface area contributed by atoms with Crippen LogP contribution in [0, 0.1) is 0 Å². The van der Waals surface area contributed by atoms with Gasteiger partial charge < -0.3 is 5.11 Å². The summed E-state index contributed by atoms with van der Waals surface area (Å²) in [6.45, 7) is 3.95. The molecule has 0 aliphatic rings. The van der Waals surface area contributed by atoms with E-state index in [-0.39, 0.29) is 0 Å². The molecule has 1 atom stereocenters. The maximum absolute atomic E-state index is 11.5. The molecule has 1 N–H and O–H groups in total. The third-order valence-corrected chi connectivity index (χ3v) is 3.51. The van der Waals surface area contributed by atoms with Crippen molar-refractivity contribution in [1.82, 2.24) is 14.5 Å². The Labute approximate surface area is 122 Å². The number of pyridine rings is 1. The first kappa shape index (κ1) is 14.8. The molecule has 0 amide bonds. The number of fused-ring (bicyclic) bond motifs is 1. The van der Waals surface area contributed by atoms with E-state index in [9.17, 15) is 9.90 Å². The minimum Gasteiger partial charge on any atom is -0.480 e. The Morgan fingerprint density at radius 3 is 2.85 bits per heavy atom. The molecular weight excluding hydrogens is 278 g/mol. The van der Waals surface area contributed by atoms with Crippen molar-refractivity contribution in [3.05, 3.63) is 23.1 Å². The molecule has 0 aromatic carbocycles. The van der Waals surface area contributed by atoms with Gasteiger partial charge in [-0.25, -0.2) is 14.8 Å². The number of carboxylic acids is 1. The van der Waals surface area contributed by atoms with E-state index in [4.69, 9.17) is 11.6 Å². The van der Waals surface area contributed by atoms with Gasteiger partial charge in [0.1, 0.15) is 17.4 Å². The van der Waals surface area contributed by atoms with E-state index in [0.717, 1.165) is 25.1 Å². The second-order valence-corrected chi connectivity index (χ2v) is 5.20. The van der Waals surface area contributed by atoms with Crippen LogP contribution in [0.15, 0.2) is 12.3 Å². The maximum Gasteiger partial charge on any atom is 0.326 e. The second-order valence-electron chi connectivity index (χ2n) is 4.76. The Hall–Kier alpha value is -1.62. The fourth-order valence-electron chi connectivity index (χ4n) is 2.31. The molecule has 6 heteroatoms. The van der Waals surface area contributed by atoms with Gasteiger partial charge in [-0.2, -0.15) is 0 Å². The average Bonchev–Trinajstić information content (AvgIpc) is 2.74. The van der Waals surface area contributed by atoms with Crippen molar-refractivity contribution in [3.8, 4) is 0 Å². The number of carboxylic acid groups (broad SMARTS) is 1. The number of rotatable bonds is 6. The molecule has 0 spiro atoms. The molecule has 5 nitrogen and oxygen atoms in total. The van der Waals surface area contributed by atoms with Crippen molar-refractivity contribution in [1.29, 1.82) is 0 Å². The first-order valence-electron chi connectivity index (χ1n) is 6.83. The van der Waals surface area contributed by atoms with Crippen LogP contribution in [0.2, 0.25) is 5.02 Å². The minimum atomic E-state index is -0.860. The van der Waals surface area contributed by atoms with E-state index in [1.165, 1.54) is 6.20 Å². The van der Waals surface area contributed by atoms with Gasteiger partial charge in [0.2, 0.25) is 0 Å². The van der Waals surface area contributed by atoms with Gasteiger partial charge >= 0.3 is 5.97 Å². The maximum atomic E-state index is 11.5. The summed E-state index contributed by atoms with van der Waals surface area (Å²) in [4.78, 5) is 20.2. The molecule has 0 saturated carbocycles. The average molecular weight is 296 g/mol. The number of aliphatic carboxylic acids is 1. The third-order valence-electron chi connectivity index (χ3n) is 3.31. The van der Waals surface area contributed by atoms with Crippen molar-refractivity contribution in [2.24, 2.45) is 0 Å². The lowest BCUT2D eigenvalue weighted by molar-refractivity contribution is -0.141. The quantitative estimate of drug-likeness (QED) is 0.886. The largest absolute Gasteiger partial charge is 0.480 e. The highest BCUT2D eigenvalue weighted by Gasteiger charge is 2.24. The SMILES string of the molecule is CCCCc1nc2cc(Cl)cnc2n1C(CC)C(=O)O. The summed E-state index contributed by atoms with van der Waals surface area (Å²) in [6, 6.07) is 1.09. The van der Waals surface area contributed by atoms with Gasteiger partial charge in [-0.3, -0.25) is 4.57 Å². The summed E-state index contributed by atoms with van der Waals surface area (Å²) in [7, 11) is 0. The van der Waals surface area contributed by atoms with Crippen LogP contribution in [-0.4, -0.2) is 25.6 Å². The number of aryl methyl sites for hydroxylation is 1. The summed E-state index contributed by atoms with van der Waals surface area (Å²) in [5, 5.41) is 9.91. The molecule has 1 unspecified atom stereocenters. The molecule has 0 aliphatic heterocycles. The van der Waals surface area contributed by atoms with Crippen molar-refractivity contribution in [2.45, 2.75) is 45.6 Å². The summed E-state index contributed by atoms with van der Waals surface area (Å²) in [6.07, 6.45) is 4.76. The molecule has 20 heavy (non-hydrogen) atoms. The van der Waals surface area contributed by atoms with E-state index < -0.39 is 12.0 Å². The van der Waals surface area contributed by atoms with Gasteiger partial charge in [-0.05, 0) is 18.9 Å². The molecule has 2 heterocycles. The Morgan fingerprint density at radius 1 is 1.50 bits per heavy atom. The predicted molar refractivity (Wildman–Crippen MR) is 78.1 cm³/mol. The van der Waals surface area contributed by atoms with Crippen LogP contribution < -0.4 is 0 Å². The zero-order chi connectivity index (χ0) is 14.7. The van der Waals surface area contributed by atoms with Crippen LogP contribution in [0.4, 0.5) is 0 Å². The van der Waals surface area contributed by atoms with Crippen LogP contribution in [-0.2, 0) is 11.2 Å². The number of carbonyl (C=O) groups is 1. The topological polar surface area (TPSA) is 68.0 Å². The van der Waals surface area contributed by atoms with Crippen LogP contribution in [0.3, 0.4) is 0 Å². The zero-order valence-electron chi connectivity index (χ0n) is 11.6. The first-order valence-corrected chi connectivity index (χ1v) is 7.21. The highest BCUT2D eigenvalue weighted by atomic mass is 35.5. The van der Waals surface area contributed by atoms with Gasteiger partial charge in [0.15, 0.2) is 5.65 Å². The number of hydrogen-bond acceptors (Lipinski definition) is 3. The standard InChI is InChI=1S/C14H18ClN3O2/c1-3-5-6-12-17-10-7-9(15)8-16-13(10)18(12)11(4-2)14(19)20/h7-8,11H,3-6H2,1-2H3,(H,19,20). The fraction of sp³-hybridized carbons (Fsp3) is 0.500. The molecule has 108 valence electrons. The summed E-state index contributed by atoms with van der Waals surface area (Å²) in [5.41, 5.74) is 1.25. The number of aromatic nitrogens is 3. The molecule has 0 aliphatic carbocycles. The normalized spacial score (nSPS) is 12.8. The van der Waals surface area contributed by atoms with Crippen LogP contribution in [0.5, 0.6) is 0 Å². The second kappa shape index (κ2) is 6.22. The van der Waals surface area contributed by atoms with E-state index in [0.29, 0.717) is 22.6 Å². The lowest BCUT2D eigenvalue weighted by Crippen LogP contribution is -2.20. The molecule has 2 aromatic heterocycles. The summed E-state index contributed by atoms with van der Waals surface area (Å²) >= 11 is 5.93. The lowest BCUT2D eigenvalue weighted by atomic mass is 10.2. The first-order chi connectivity index (χ1) is 9.58. The number of halogens is 1. The van der Waals surface area contributed by atoms with Gasteiger partial charge in [0.05, 0.1) is 5.02 Å². The van der Waals surface area contributed by atoms with Crippen LogP contribution >= 0.6 is 11.6 Å². The van der Waals surface area contributed by atoms with Crippen molar-refractivity contribution in [3.63, 3.8) is 0 Å². The highest BCUT2D eigenvalue weighted by molar-refractivity contribution is 6.31. The molecule has 2 aromatic rings. The summed E-state index contributed by atoms with van der Waals surface area (Å²) in [5.74, 6) is -0.0906. The Morgan fingerprint density at radius 2 is 2.25 bits per heavy atom.